The lowest BCUT2D eigenvalue weighted by molar-refractivity contribution is 0.414. The average Bonchev–Trinajstić information content (AvgIpc) is 2.87. The summed E-state index contributed by atoms with van der Waals surface area (Å²) >= 11 is 11.3. The topological polar surface area (TPSA) is 21.3 Å². The van der Waals surface area contributed by atoms with Crippen molar-refractivity contribution in [2.24, 2.45) is 0 Å². The van der Waals surface area contributed by atoms with E-state index < -0.39 is 0 Å². The number of rotatable bonds is 6. The van der Waals surface area contributed by atoms with E-state index in [1.807, 2.05) is 18.2 Å². The van der Waals surface area contributed by atoms with E-state index in [1.165, 1.54) is 5.56 Å². The van der Waals surface area contributed by atoms with Gasteiger partial charge in [-0.3, -0.25) is 0 Å². The molecule has 108 valence electrons. The summed E-state index contributed by atoms with van der Waals surface area (Å²) < 4.78 is 6.45. The molecule has 0 aliphatic heterocycles. The molecule has 20 heavy (non-hydrogen) atoms. The Bertz CT molecular complexity index is 573. The van der Waals surface area contributed by atoms with Gasteiger partial charge in [0.05, 0.1) is 22.0 Å². The highest BCUT2D eigenvalue weighted by Gasteiger charge is 2.16. The Hall–Kier alpha value is -0.550. The van der Waals surface area contributed by atoms with Crippen molar-refractivity contribution in [3.05, 3.63) is 49.6 Å². The van der Waals surface area contributed by atoms with Crippen molar-refractivity contribution < 1.29 is 4.74 Å². The molecule has 0 fully saturated rings. The van der Waals surface area contributed by atoms with Crippen LogP contribution in [0, 0.1) is 0 Å². The summed E-state index contributed by atoms with van der Waals surface area (Å²) in [4.78, 5) is 0. The highest BCUT2D eigenvalue weighted by molar-refractivity contribution is 9.11. The second-order valence-corrected chi connectivity index (χ2v) is 7.16. The van der Waals surface area contributed by atoms with Crippen molar-refractivity contribution in [3.8, 4) is 5.75 Å². The molecular formula is C15H17BrClNOS. The van der Waals surface area contributed by atoms with Gasteiger partial charge in [-0.15, -0.1) is 11.3 Å². The fourth-order valence-corrected chi connectivity index (χ4v) is 3.44. The van der Waals surface area contributed by atoms with Crippen molar-refractivity contribution in [1.82, 2.24) is 5.32 Å². The Balaban J connectivity index is 2.35. The van der Waals surface area contributed by atoms with Crippen LogP contribution in [0.4, 0.5) is 0 Å². The van der Waals surface area contributed by atoms with Crippen LogP contribution in [0.5, 0.6) is 5.75 Å². The minimum Gasteiger partial charge on any atom is -0.495 e. The van der Waals surface area contributed by atoms with Crippen molar-refractivity contribution in [1.29, 1.82) is 0 Å². The monoisotopic (exact) mass is 373 g/mol. The predicted octanol–water partition coefficient (Wildman–Crippen LogP) is 5.26. The van der Waals surface area contributed by atoms with Crippen molar-refractivity contribution in [3.63, 3.8) is 0 Å². The van der Waals surface area contributed by atoms with Crippen LogP contribution in [0.15, 0.2) is 33.4 Å². The molecule has 1 heterocycles. The third kappa shape index (κ3) is 3.76. The van der Waals surface area contributed by atoms with E-state index in [1.54, 1.807) is 18.4 Å². The fraction of sp³-hybridized carbons (Fsp3) is 0.333. The molecular weight excluding hydrogens is 358 g/mol. The maximum Gasteiger partial charge on any atom is 0.137 e. The standard InChI is InChI=1S/C15H17BrClNOS/c1-3-6-18-15(11-8-14(16)20-9-11)10-4-5-12(17)13(7-10)19-2/h4-5,7-9,15,18H,3,6H2,1-2H3. The lowest BCUT2D eigenvalue weighted by Gasteiger charge is -2.19. The molecule has 0 radical (unpaired) electrons. The Morgan fingerprint density at radius 2 is 2.15 bits per heavy atom. The van der Waals surface area contributed by atoms with Gasteiger partial charge in [-0.25, -0.2) is 0 Å². The molecule has 0 aliphatic rings. The van der Waals surface area contributed by atoms with Gasteiger partial charge in [0.2, 0.25) is 0 Å². The van der Waals surface area contributed by atoms with E-state index in [9.17, 15) is 0 Å². The highest BCUT2D eigenvalue weighted by atomic mass is 79.9. The van der Waals surface area contributed by atoms with Crippen LogP contribution in [0.3, 0.4) is 0 Å². The molecule has 0 bridgehead atoms. The molecule has 1 atom stereocenters. The van der Waals surface area contributed by atoms with Crippen LogP contribution >= 0.6 is 38.9 Å². The molecule has 1 N–H and O–H groups in total. The van der Waals surface area contributed by atoms with Crippen LogP contribution < -0.4 is 10.1 Å². The molecule has 0 amide bonds. The second-order valence-electron chi connectivity index (χ2n) is 4.47. The lowest BCUT2D eigenvalue weighted by Crippen LogP contribution is -2.22. The van der Waals surface area contributed by atoms with Crippen LogP contribution in [-0.2, 0) is 0 Å². The number of halogens is 2. The van der Waals surface area contributed by atoms with E-state index in [0.29, 0.717) is 10.8 Å². The zero-order valence-corrected chi connectivity index (χ0v) is 14.6. The second kappa shape index (κ2) is 7.46. The molecule has 1 aromatic heterocycles. The van der Waals surface area contributed by atoms with E-state index in [2.05, 4.69) is 39.6 Å². The Labute approximate surface area is 137 Å². The van der Waals surface area contributed by atoms with Crippen LogP contribution in [0.2, 0.25) is 5.02 Å². The zero-order valence-electron chi connectivity index (χ0n) is 11.5. The molecule has 0 saturated carbocycles. The summed E-state index contributed by atoms with van der Waals surface area (Å²) in [5.41, 5.74) is 2.41. The molecule has 2 aromatic rings. The maximum absolute atomic E-state index is 6.10. The molecule has 5 heteroatoms. The quantitative estimate of drug-likeness (QED) is 0.744. The van der Waals surface area contributed by atoms with Gasteiger partial charge < -0.3 is 10.1 Å². The van der Waals surface area contributed by atoms with E-state index >= 15 is 0 Å². The minimum atomic E-state index is 0.156. The first kappa shape index (κ1) is 15.8. The van der Waals surface area contributed by atoms with Crippen LogP contribution in [0.1, 0.15) is 30.5 Å². The Kier molecular flexibility index (Phi) is 5.90. The molecule has 1 unspecified atom stereocenters. The Morgan fingerprint density at radius 3 is 2.75 bits per heavy atom. The van der Waals surface area contributed by atoms with E-state index in [4.69, 9.17) is 16.3 Å². The molecule has 0 spiro atoms. The molecule has 0 aliphatic carbocycles. The zero-order chi connectivity index (χ0) is 14.5. The SMILES string of the molecule is CCCNC(c1csc(Br)c1)c1ccc(Cl)c(OC)c1. The number of hydrogen-bond donors (Lipinski definition) is 1. The van der Waals surface area contributed by atoms with Gasteiger partial charge >= 0.3 is 0 Å². The molecule has 1 aromatic carbocycles. The smallest absolute Gasteiger partial charge is 0.137 e. The van der Waals surface area contributed by atoms with Crippen LogP contribution in [0.25, 0.3) is 0 Å². The normalized spacial score (nSPS) is 12.4. The largest absolute Gasteiger partial charge is 0.495 e. The summed E-state index contributed by atoms with van der Waals surface area (Å²) in [6, 6.07) is 8.24. The predicted molar refractivity (Wildman–Crippen MR) is 90.2 cm³/mol. The Morgan fingerprint density at radius 1 is 1.35 bits per heavy atom. The van der Waals surface area contributed by atoms with Gasteiger partial charge in [0.25, 0.3) is 0 Å². The fourth-order valence-electron chi connectivity index (χ4n) is 2.05. The number of methoxy groups -OCH3 is 1. The number of ether oxygens (including phenoxy) is 1. The summed E-state index contributed by atoms with van der Waals surface area (Å²) in [5.74, 6) is 0.710. The molecule has 0 saturated heterocycles. The van der Waals surface area contributed by atoms with Crippen molar-refractivity contribution in [2.45, 2.75) is 19.4 Å². The summed E-state index contributed by atoms with van der Waals surface area (Å²) in [6.45, 7) is 3.12. The van der Waals surface area contributed by atoms with E-state index in [-0.39, 0.29) is 6.04 Å². The third-order valence-corrected chi connectivity index (χ3v) is 4.86. The summed E-state index contributed by atoms with van der Waals surface area (Å²) in [7, 11) is 1.64. The lowest BCUT2D eigenvalue weighted by atomic mass is 10.0. The van der Waals surface area contributed by atoms with Gasteiger partial charge in [-0.1, -0.05) is 24.6 Å². The summed E-state index contributed by atoms with van der Waals surface area (Å²) in [5, 5.41) is 6.37. The third-order valence-electron chi connectivity index (χ3n) is 3.03. The van der Waals surface area contributed by atoms with Gasteiger partial charge in [-0.05, 0) is 63.6 Å². The number of thiophene rings is 1. The van der Waals surface area contributed by atoms with Crippen molar-refractivity contribution >= 4 is 38.9 Å². The first-order valence-electron chi connectivity index (χ1n) is 6.46. The maximum atomic E-state index is 6.10. The number of hydrogen-bond acceptors (Lipinski definition) is 3. The number of nitrogens with one attached hydrogen (secondary N) is 1. The van der Waals surface area contributed by atoms with Crippen molar-refractivity contribution in [2.75, 3.05) is 13.7 Å². The van der Waals surface area contributed by atoms with Gasteiger partial charge in [-0.2, -0.15) is 0 Å². The highest BCUT2D eigenvalue weighted by Crippen LogP contribution is 2.33. The minimum absolute atomic E-state index is 0.156. The molecule has 2 nitrogen and oxygen atoms in total. The first-order chi connectivity index (χ1) is 9.65. The van der Waals surface area contributed by atoms with Gasteiger partial charge in [0, 0.05) is 0 Å². The van der Waals surface area contributed by atoms with E-state index in [0.717, 1.165) is 22.3 Å². The molecule has 2 rings (SSSR count). The first-order valence-corrected chi connectivity index (χ1v) is 8.51. The van der Waals surface area contributed by atoms with Gasteiger partial charge in [0.15, 0.2) is 0 Å². The van der Waals surface area contributed by atoms with Crippen LogP contribution in [-0.4, -0.2) is 13.7 Å². The van der Waals surface area contributed by atoms with Gasteiger partial charge in [0.1, 0.15) is 5.75 Å². The number of benzene rings is 1. The average molecular weight is 375 g/mol. The summed E-state index contributed by atoms with van der Waals surface area (Å²) in [6.07, 6.45) is 1.09.